The summed E-state index contributed by atoms with van der Waals surface area (Å²) in [4.78, 5) is 25.9. The zero-order valence-electron chi connectivity index (χ0n) is 15.9. The van der Waals surface area contributed by atoms with E-state index in [2.05, 4.69) is 51.2 Å². The molecule has 1 unspecified atom stereocenters. The van der Waals surface area contributed by atoms with Crippen molar-refractivity contribution in [1.82, 2.24) is 19.8 Å². The largest absolute Gasteiger partial charge is 0.302 e. The third-order valence-electron chi connectivity index (χ3n) is 4.87. The molecule has 1 N–H and O–H groups in total. The van der Waals surface area contributed by atoms with Crippen LogP contribution in [0.25, 0.3) is 0 Å². The summed E-state index contributed by atoms with van der Waals surface area (Å²) in [7, 11) is 2.22. The summed E-state index contributed by atoms with van der Waals surface area (Å²) in [6, 6.07) is 5.27. The van der Waals surface area contributed by atoms with Crippen LogP contribution in [0.4, 0.5) is 5.13 Å². The number of anilines is 1. The number of aryl methyl sites for hydroxylation is 1. The van der Waals surface area contributed by atoms with E-state index in [1.807, 2.05) is 19.3 Å². The number of pyridine rings is 1. The predicted molar refractivity (Wildman–Crippen MR) is 105 cm³/mol. The van der Waals surface area contributed by atoms with Crippen LogP contribution in [0.1, 0.15) is 30.0 Å². The van der Waals surface area contributed by atoms with E-state index in [-0.39, 0.29) is 5.91 Å². The van der Waals surface area contributed by atoms with Gasteiger partial charge >= 0.3 is 0 Å². The molecule has 0 saturated carbocycles. The molecule has 2 aromatic heterocycles. The van der Waals surface area contributed by atoms with E-state index in [0.717, 1.165) is 31.7 Å². The molecule has 26 heavy (non-hydrogen) atoms. The predicted octanol–water partition coefficient (Wildman–Crippen LogP) is 2.55. The Morgan fingerprint density at radius 2 is 2.19 bits per heavy atom. The van der Waals surface area contributed by atoms with Gasteiger partial charge in [-0.2, -0.15) is 0 Å². The summed E-state index contributed by atoms with van der Waals surface area (Å²) in [5, 5.41) is 3.44. The molecule has 0 aromatic carbocycles. The topological polar surface area (TPSA) is 61.4 Å². The molecular formula is C19H27N5OS. The zero-order valence-corrected chi connectivity index (χ0v) is 16.7. The van der Waals surface area contributed by atoms with Gasteiger partial charge in [-0.05, 0) is 45.0 Å². The number of hydrogen-bond donors (Lipinski definition) is 1. The SMILES string of the molecule is CC(=O)Nc1ncc(CN2CC(Cc3ccnc(C)c3)N(C)C[C@@H]2C)s1. The maximum atomic E-state index is 11.2. The van der Waals surface area contributed by atoms with Crippen LogP contribution < -0.4 is 5.32 Å². The molecule has 3 heterocycles. The van der Waals surface area contributed by atoms with E-state index >= 15 is 0 Å². The molecule has 2 atom stereocenters. The first-order valence-electron chi connectivity index (χ1n) is 8.99. The number of rotatable bonds is 5. The molecule has 140 valence electrons. The van der Waals surface area contributed by atoms with Crippen molar-refractivity contribution in [3.05, 3.63) is 40.7 Å². The van der Waals surface area contributed by atoms with Crippen LogP contribution in [0.2, 0.25) is 0 Å². The summed E-state index contributed by atoms with van der Waals surface area (Å²) >= 11 is 1.56. The quantitative estimate of drug-likeness (QED) is 0.873. The molecule has 6 nitrogen and oxygen atoms in total. The fraction of sp³-hybridized carbons (Fsp3) is 0.526. The van der Waals surface area contributed by atoms with E-state index in [1.165, 1.54) is 17.4 Å². The van der Waals surface area contributed by atoms with Crippen molar-refractivity contribution >= 4 is 22.4 Å². The summed E-state index contributed by atoms with van der Waals surface area (Å²) in [5.74, 6) is -0.0772. The first-order valence-corrected chi connectivity index (χ1v) is 9.80. The van der Waals surface area contributed by atoms with Crippen LogP contribution in [0.5, 0.6) is 0 Å². The smallest absolute Gasteiger partial charge is 0.223 e. The molecular weight excluding hydrogens is 346 g/mol. The van der Waals surface area contributed by atoms with Gasteiger partial charge in [0.2, 0.25) is 5.91 Å². The van der Waals surface area contributed by atoms with E-state index in [1.54, 1.807) is 11.3 Å². The second kappa shape index (κ2) is 8.24. The molecule has 1 fully saturated rings. The van der Waals surface area contributed by atoms with Crippen LogP contribution in [0, 0.1) is 6.92 Å². The highest BCUT2D eigenvalue weighted by Gasteiger charge is 2.29. The second-order valence-electron chi connectivity index (χ2n) is 7.19. The lowest BCUT2D eigenvalue weighted by Crippen LogP contribution is -2.56. The second-order valence-corrected chi connectivity index (χ2v) is 8.31. The van der Waals surface area contributed by atoms with Gasteiger partial charge in [0.15, 0.2) is 5.13 Å². The minimum Gasteiger partial charge on any atom is -0.302 e. The minimum atomic E-state index is -0.0772. The molecule has 2 aromatic rings. The first-order chi connectivity index (χ1) is 12.4. The monoisotopic (exact) mass is 373 g/mol. The number of carbonyl (C=O) groups excluding carboxylic acids is 1. The van der Waals surface area contributed by atoms with Gasteiger partial charge in [0, 0.05) is 61.6 Å². The Labute approximate surface area is 159 Å². The van der Waals surface area contributed by atoms with Gasteiger partial charge in [-0.15, -0.1) is 11.3 Å². The van der Waals surface area contributed by atoms with E-state index in [0.29, 0.717) is 17.2 Å². The van der Waals surface area contributed by atoms with Crippen molar-refractivity contribution in [2.45, 2.75) is 45.8 Å². The molecule has 1 saturated heterocycles. The summed E-state index contributed by atoms with van der Waals surface area (Å²) in [6.07, 6.45) is 4.81. The number of likely N-dealkylation sites (N-methyl/N-ethyl adjacent to an activating group) is 1. The Bertz CT molecular complexity index is 762. The number of carbonyl (C=O) groups is 1. The molecule has 0 bridgehead atoms. The van der Waals surface area contributed by atoms with Crippen molar-refractivity contribution in [2.24, 2.45) is 0 Å². The van der Waals surface area contributed by atoms with E-state index in [4.69, 9.17) is 0 Å². The van der Waals surface area contributed by atoms with Gasteiger partial charge in [0.05, 0.1) is 0 Å². The molecule has 7 heteroatoms. The number of hydrogen-bond acceptors (Lipinski definition) is 6. The Morgan fingerprint density at radius 3 is 2.92 bits per heavy atom. The number of nitrogens with one attached hydrogen (secondary N) is 1. The lowest BCUT2D eigenvalue weighted by molar-refractivity contribution is -0.114. The van der Waals surface area contributed by atoms with Crippen molar-refractivity contribution in [2.75, 3.05) is 25.5 Å². The summed E-state index contributed by atoms with van der Waals surface area (Å²) in [6.45, 7) is 8.77. The number of piperazine rings is 1. The molecule has 3 rings (SSSR count). The molecule has 0 aliphatic carbocycles. The third-order valence-corrected chi connectivity index (χ3v) is 5.77. The highest BCUT2D eigenvalue weighted by Crippen LogP contribution is 2.24. The normalized spacial score (nSPS) is 21.7. The average Bonchev–Trinajstić information content (AvgIpc) is 2.98. The Kier molecular flexibility index (Phi) is 6.01. The van der Waals surface area contributed by atoms with Crippen LogP contribution in [-0.2, 0) is 17.8 Å². The van der Waals surface area contributed by atoms with E-state index in [9.17, 15) is 4.79 Å². The van der Waals surface area contributed by atoms with E-state index < -0.39 is 0 Å². The lowest BCUT2D eigenvalue weighted by Gasteiger charge is -2.43. The molecule has 0 radical (unpaired) electrons. The summed E-state index contributed by atoms with van der Waals surface area (Å²) < 4.78 is 0. The molecule has 1 aliphatic heterocycles. The van der Waals surface area contributed by atoms with Crippen LogP contribution in [0.3, 0.4) is 0 Å². The first kappa shape index (κ1) is 18.9. The van der Waals surface area contributed by atoms with Gasteiger partial charge < -0.3 is 10.2 Å². The van der Waals surface area contributed by atoms with Crippen molar-refractivity contribution in [1.29, 1.82) is 0 Å². The van der Waals surface area contributed by atoms with Gasteiger partial charge in [0.1, 0.15) is 0 Å². The Morgan fingerprint density at radius 1 is 1.38 bits per heavy atom. The van der Waals surface area contributed by atoms with Crippen molar-refractivity contribution < 1.29 is 4.79 Å². The van der Waals surface area contributed by atoms with Crippen LogP contribution >= 0.6 is 11.3 Å². The molecule has 0 spiro atoms. The van der Waals surface area contributed by atoms with Gasteiger partial charge in [0.25, 0.3) is 0 Å². The summed E-state index contributed by atoms with van der Waals surface area (Å²) in [5.41, 5.74) is 2.41. The van der Waals surface area contributed by atoms with Crippen LogP contribution in [0.15, 0.2) is 24.5 Å². The van der Waals surface area contributed by atoms with Crippen molar-refractivity contribution in [3.8, 4) is 0 Å². The lowest BCUT2D eigenvalue weighted by atomic mass is 10.0. The number of thiazole rings is 1. The molecule has 1 aliphatic rings. The fourth-order valence-electron chi connectivity index (χ4n) is 3.50. The van der Waals surface area contributed by atoms with Crippen LogP contribution in [-0.4, -0.2) is 57.9 Å². The van der Waals surface area contributed by atoms with Gasteiger partial charge in [-0.1, -0.05) is 0 Å². The maximum Gasteiger partial charge on any atom is 0.223 e. The van der Waals surface area contributed by atoms with Crippen molar-refractivity contribution in [3.63, 3.8) is 0 Å². The fourth-order valence-corrected chi connectivity index (χ4v) is 4.39. The average molecular weight is 374 g/mol. The minimum absolute atomic E-state index is 0.0772. The highest BCUT2D eigenvalue weighted by molar-refractivity contribution is 7.15. The Hall–Kier alpha value is -1.83. The number of aromatic nitrogens is 2. The Balaban J connectivity index is 1.65. The maximum absolute atomic E-state index is 11.2. The third kappa shape index (κ3) is 4.87. The van der Waals surface area contributed by atoms with Gasteiger partial charge in [-0.25, -0.2) is 4.98 Å². The number of amides is 1. The zero-order chi connectivity index (χ0) is 18.7. The highest BCUT2D eigenvalue weighted by atomic mass is 32.1. The van der Waals surface area contributed by atoms with Gasteiger partial charge in [-0.3, -0.25) is 14.7 Å². The standard InChI is InChI=1S/C19H27N5OS/c1-13-7-16(5-6-20-13)8-17-11-24(14(2)10-23(17)4)12-18-9-21-19(26-18)22-15(3)25/h5-7,9,14,17H,8,10-12H2,1-4H3,(H,21,22,25)/t14-,17?/m0/s1. The molecule has 1 amide bonds. The number of nitrogens with zero attached hydrogens (tertiary/aromatic N) is 4.